The van der Waals surface area contributed by atoms with Gasteiger partial charge in [-0.25, -0.2) is 0 Å². The van der Waals surface area contributed by atoms with Gasteiger partial charge in [0, 0.05) is 12.6 Å². The van der Waals surface area contributed by atoms with E-state index in [4.69, 9.17) is 4.74 Å². The van der Waals surface area contributed by atoms with Gasteiger partial charge in [-0.3, -0.25) is 0 Å². The van der Waals surface area contributed by atoms with Crippen LogP contribution >= 0.6 is 0 Å². The van der Waals surface area contributed by atoms with Crippen LogP contribution in [0.1, 0.15) is 25.3 Å². The van der Waals surface area contributed by atoms with Crippen molar-refractivity contribution in [3.63, 3.8) is 0 Å². The molecule has 0 spiro atoms. The fourth-order valence-electron chi connectivity index (χ4n) is 2.89. The first-order valence-corrected chi connectivity index (χ1v) is 8.66. The number of ether oxygens (including phenoxy) is 2. The number of halogens is 2. The van der Waals surface area contributed by atoms with E-state index in [0.29, 0.717) is 30.6 Å². The predicted octanol–water partition coefficient (Wildman–Crippen LogP) is 2.69. The molecule has 8 nitrogen and oxygen atoms in total. The van der Waals surface area contributed by atoms with Crippen molar-refractivity contribution < 1.29 is 18.3 Å². The maximum atomic E-state index is 12.6. The van der Waals surface area contributed by atoms with Crippen molar-refractivity contribution in [2.45, 2.75) is 39.0 Å². The Kier molecular flexibility index (Phi) is 4.69. The Morgan fingerprint density at radius 3 is 2.81 bits per heavy atom. The molecule has 27 heavy (non-hydrogen) atoms. The summed E-state index contributed by atoms with van der Waals surface area (Å²) in [7, 11) is 0. The SMILES string of the molecule is CCOc1cc(CN(c2ccc3nnnn3n2)C2CC2)ccc1OC(F)F. The molecular weight excluding hydrogens is 358 g/mol. The molecular formula is C17H18F2N6O2. The van der Waals surface area contributed by atoms with Gasteiger partial charge in [0.05, 0.1) is 6.61 Å². The van der Waals surface area contributed by atoms with Crippen LogP contribution in [0.15, 0.2) is 30.3 Å². The van der Waals surface area contributed by atoms with Crippen LogP contribution in [-0.2, 0) is 6.54 Å². The Morgan fingerprint density at radius 2 is 2.07 bits per heavy atom. The smallest absolute Gasteiger partial charge is 0.387 e. The Bertz CT molecular complexity index is 931. The van der Waals surface area contributed by atoms with Crippen molar-refractivity contribution in [2.75, 3.05) is 11.5 Å². The fourth-order valence-corrected chi connectivity index (χ4v) is 2.89. The number of nitrogens with zero attached hydrogens (tertiary/aromatic N) is 6. The molecule has 3 aromatic rings. The second kappa shape index (κ2) is 7.29. The highest BCUT2D eigenvalue weighted by molar-refractivity contribution is 5.49. The zero-order valence-corrected chi connectivity index (χ0v) is 14.6. The molecule has 0 unspecified atom stereocenters. The summed E-state index contributed by atoms with van der Waals surface area (Å²) in [5.41, 5.74) is 1.48. The van der Waals surface area contributed by atoms with E-state index in [0.717, 1.165) is 24.2 Å². The van der Waals surface area contributed by atoms with Crippen molar-refractivity contribution >= 4 is 11.5 Å². The summed E-state index contributed by atoms with van der Waals surface area (Å²) in [5.74, 6) is 1.08. The largest absolute Gasteiger partial charge is 0.490 e. The van der Waals surface area contributed by atoms with E-state index in [2.05, 4.69) is 30.3 Å². The number of alkyl halides is 2. The first-order valence-electron chi connectivity index (χ1n) is 8.66. The highest BCUT2D eigenvalue weighted by Crippen LogP contribution is 2.34. The molecule has 0 N–H and O–H groups in total. The first-order chi connectivity index (χ1) is 13.1. The molecule has 0 aliphatic heterocycles. The molecule has 0 atom stereocenters. The lowest BCUT2D eigenvalue weighted by atomic mass is 10.2. The minimum Gasteiger partial charge on any atom is -0.490 e. The lowest BCUT2D eigenvalue weighted by Crippen LogP contribution is -2.26. The lowest BCUT2D eigenvalue weighted by Gasteiger charge is -2.24. The van der Waals surface area contributed by atoms with Crippen LogP contribution in [0.2, 0.25) is 0 Å². The van der Waals surface area contributed by atoms with Gasteiger partial charge < -0.3 is 14.4 Å². The van der Waals surface area contributed by atoms with E-state index in [-0.39, 0.29) is 5.75 Å². The highest BCUT2D eigenvalue weighted by atomic mass is 19.3. The van der Waals surface area contributed by atoms with E-state index in [1.165, 1.54) is 10.7 Å². The van der Waals surface area contributed by atoms with Crippen LogP contribution in [0.25, 0.3) is 5.65 Å². The average Bonchev–Trinajstić information content (AvgIpc) is 3.38. The number of hydrogen-bond donors (Lipinski definition) is 0. The normalized spacial score (nSPS) is 13.9. The summed E-state index contributed by atoms with van der Waals surface area (Å²) in [6.07, 6.45) is 2.14. The van der Waals surface area contributed by atoms with E-state index in [9.17, 15) is 8.78 Å². The van der Waals surface area contributed by atoms with E-state index in [1.807, 2.05) is 12.1 Å². The molecule has 0 saturated heterocycles. The number of hydrogen-bond acceptors (Lipinski definition) is 7. The minimum absolute atomic E-state index is 0.0295. The molecule has 2 aromatic heterocycles. The Balaban J connectivity index is 1.60. The van der Waals surface area contributed by atoms with E-state index in [1.54, 1.807) is 19.1 Å². The topological polar surface area (TPSA) is 77.7 Å². The van der Waals surface area contributed by atoms with Crippen LogP contribution < -0.4 is 14.4 Å². The zero-order chi connectivity index (χ0) is 18.8. The molecule has 0 bridgehead atoms. The summed E-state index contributed by atoms with van der Waals surface area (Å²) >= 11 is 0. The molecule has 2 heterocycles. The molecule has 10 heteroatoms. The van der Waals surface area contributed by atoms with Gasteiger partial charge in [-0.1, -0.05) is 6.07 Å². The second-order valence-electron chi connectivity index (χ2n) is 6.17. The molecule has 142 valence electrons. The number of anilines is 1. The minimum atomic E-state index is -2.90. The standard InChI is InChI=1S/C17H18F2N6O2/c1-2-26-14-9-11(3-6-13(14)27-17(18)19)10-24(12-4-5-12)16-8-7-15-20-22-23-25(15)21-16/h3,6-9,12,17H,2,4-5,10H2,1H3. The molecule has 0 amide bonds. The summed E-state index contributed by atoms with van der Waals surface area (Å²) in [6.45, 7) is -0.196. The number of tetrazole rings is 1. The molecule has 1 aliphatic carbocycles. The van der Waals surface area contributed by atoms with Crippen molar-refractivity contribution in [1.82, 2.24) is 25.3 Å². The fraction of sp³-hybridized carbons (Fsp3) is 0.412. The lowest BCUT2D eigenvalue weighted by molar-refractivity contribution is -0.0514. The van der Waals surface area contributed by atoms with Gasteiger partial charge in [-0.2, -0.15) is 8.78 Å². The van der Waals surface area contributed by atoms with Gasteiger partial charge in [0.1, 0.15) is 0 Å². The maximum absolute atomic E-state index is 12.6. The molecule has 0 radical (unpaired) electrons. The van der Waals surface area contributed by atoms with E-state index < -0.39 is 6.61 Å². The number of rotatable bonds is 8. The van der Waals surface area contributed by atoms with Crippen LogP contribution in [0, 0.1) is 0 Å². The van der Waals surface area contributed by atoms with E-state index >= 15 is 0 Å². The molecule has 4 rings (SSSR count). The van der Waals surface area contributed by atoms with Crippen LogP contribution in [0.4, 0.5) is 14.6 Å². The molecule has 1 aromatic carbocycles. The van der Waals surface area contributed by atoms with Gasteiger partial charge in [-0.15, -0.1) is 14.8 Å². The van der Waals surface area contributed by atoms with Gasteiger partial charge >= 0.3 is 6.61 Å². The van der Waals surface area contributed by atoms with Crippen molar-refractivity contribution in [2.24, 2.45) is 0 Å². The molecule has 1 saturated carbocycles. The van der Waals surface area contributed by atoms with Crippen LogP contribution in [0.5, 0.6) is 11.5 Å². The zero-order valence-electron chi connectivity index (χ0n) is 14.6. The third-order valence-electron chi connectivity index (χ3n) is 4.21. The Morgan fingerprint density at radius 1 is 1.22 bits per heavy atom. The molecule has 1 fully saturated rings. The van der Waals surface area contributed by atoms with Gasteiger partial charge in [0.2, 0.25) is 0 Å². The predicted molar refractivity (Wildman–Crippen MR) is 92.0 cm³/mol. The maximum Gasteiger partial charge on any atom is 0.387 e. The van der Waals surface area contributed by atoms with Crippen molar-refractivity contribution in [3.05, 3.63) is 35.9 Å². The quantitative estimate of drug-likeness (QED) is 0.598. The number of aromatic nitrogens is 5. The van der Waals surface area contributed by atoms with Crippen LogP contribution in [0.3, 0.4) is 0 Å². The van der Waals surface area contributed by atoms with Gasteiger partial charge in [-0.05, 0) is 60.0 Å². The summed E-state index contributed by atoms with van der Waals surface area (Å²) in [5, 5.41) is 15.8. The van der Waals surface area contributed by atoms with Crippen molar-refractivity contribution in [1.29, 1.82) is 0 Å². The molecule has 1 aliphatic rings. The summed E-state index contributed by atoms with van der Waals surface area (Å²) in [6, 6.07) is 9.05. The highest BCUT2D eigenvalue weighted by Gasteiger charge is 2.30. The van der Waals surface area contributed by atoms with Crippen molar-refractivity contribution in [3.8, 4) is 11.5 Å². The monoisotopic (exact) mass is 376 g/mol. The van der Waals surface area contributed by atoms with Gasteiger partial charge in [0.15, 0.2) is 23.0 Å². The Labute approximate surface area is 153 Å². The first kappa shape index (κ1) is 17.4. The summed E-state index contributed by atoms with van der Waals surface area (Å²) in [4.78, 5) is 2.15. The number of fused-ring (bicyclic) bond motifs is 1. The second-order valence-corrected chi connectivity index (χ2v) is 6.17. The number of benzene rings is 1. The third kappa shape index (κ3) is 3.88. The summed E-state index contributed by atoms with van der Waals surface area (Å²) < 4.78 is 36.5. The Hall–Kier alpha value is -3.04. The third-order valence-corrected chi connectivity index (χ3v) is 4.21. The average molecular weight is 376 g/mol. The van der Waals surface area contributed by atoms with Gasteiger partial charge in [0.25, 0.3) is 0 Å². The van der Waals surface area contributed by atoms with Crippen LogP contribution in [-0.4, -0.2) is 44.5 Å².